The number of thiophene rings is 2. The van der Waals surface area contributed by atoms with Gasteiger partial charge in [0.2, 0.25) is 5.91 Å². The highest BCUT2D eigenvalue weighted by Crippen LogP contribution is 2.39. The number of esters is 2. The molecule has 0 aliphatic rings. The molecule has 12 heteroatoms. The van der Waals surface area contributed by atoms with Crippen molar-refractivity contribution in [2.24, 2.45) is 7.05 Å². The Kier molecular flexibility index (Phi) is 8.34. The molecule has 0 aliphatic heterocycles. The summed E-state index contributed by atoms with van der Waals surface area (Å²) < 4.78 is 11.5. The Labute approximate surface area is 232 Å². The predicted molar refractivity (Wildman–Crippen MR) is 150 cm³/mol. The topological polar surface area (TPSA) is 112 Å². The standard InChI is InChI=1S/C26H26N4O5S3/c1-13-7-9-16(10-8-13)20-15(3)36-11-17(20)22-28-29-26(30(22)4)37-12-18(31)27-23-19(24(32)34-5)14(2)21(38-23)25(33)35-6/h7-11H,12H2,1-6H3,(H,27,31). The van der Waals surface area contributed by atoms with Crippen molar-refractivity contribution >= 4 is 57.3 Å². The molecule has 198 valence electrons. The summed E-state index contributed by atoms with van der Waals surface area (Å²) in [5.41, 5.74) is 4.93. The molecule has 0 saturated carbocycles. The fourth-order valence-electron chi connectivity index (χ4n) is 3.90. The second kappa shape index (κ2) is 11.5. The summed E-state index contributed by atoms with van der Waals surface area (Å²) in [4.78, 5) is 38.6. The Morgan fingerprint density at radius 3 is 2.37 bits per heavy atom. The van der Waals surface area contributed by atoms with Crippen LogP contribution in [0, 0.1) is 20.8 Å². The van der Waals surface area contributed by atoms with Gasteiger partial charge in [-0.15, -0.1) is 32.9 Å². The zero-order valence-corrected chi connectivity index (χ0v) is 24.2. The van der Waals surface area contributed by atoms with Crippen molar-refractivity contribution in [3.8, 4) is 22.5 Å². The molecule has 1 aromatic carbocycles. The SMILES string of the molecule is COC(=O)c1sc(NC(=O)CSc2nnc(-c3csc(C)c3-c3ccc(C)cc3)n2C)c(C(=O)OC)c1C. The van der Waals surface area contributed by atoms with E-state index in [2.05, 4.69) is 59.0 Å². The summed E-state index contributed by atoms with van der Waals surface area (Å²) in [7, 11) is 4.36. The van der Waals surface area contributed by atoms with E-state index in [1.807, 2.05) is 11.6 Å². The lowest BCUT2D eigenvalue weighted by atomic mass is 10.0. The zero-order valence-electron chi connectivity index (χ0n) is 21.7. The van der Waals surface area contributed by atoms with Gasteiger partial charge in [-0.2, -0.15) is 0 Å². The summed E-state index contributed by atoms with van der Waals surface area (Å²) in [6.45, 7) is 5.75. The van der Waals surface area contributed by atoms with Crippen molar-refractivity contribution in [3.05, 3.63) is 56.1 Å². The van der Waals surface area contributed by atoms with Crippen molar-refractivity contribution in [3.63, 3.8) is 0 Å². The van der Waals surface area contributed by atoms with Crippen LogP contribution in [0.5, 0.6) is 0 Å². The third-order valence-electron chi connectivity index (χ3n) is 5.88. The molecule has 0 saturated heterocycles. The first kappa shape index (κ1) is 27.6. The van der Waals surface area contributed by atoms with Gasteiger partial charge in [0.1, 0.15) is 9.88 Å². The normalized spacial score (nSPS) is 10.9. The van der Waals surface area contributed by atoms with Crippen LogP contribution < -0.4 is 5.32 Å². The van der Waals surface area contributed by atoms with Gasteiger partial charge in [-0.25, -0.2) is 9.59 Å². The summed E-state index contributed by atoms with van der Waals surface area (Å²) in [5.74, 6) is -0.880. The van der Waals surface area contributed by atoms with Gasteiger partial charge in [-0.1, -0.05) is 41.6 Å². The monoisotopic (exact) mass is 570 g/mol. The van der Waals surface area contributed by atoms with E-state index in [9.17, 15) is 14.4 Å². The quantitative estimate of drug-likeness (QED) is 0.218. The van der Waals surface area contributed by atoms with Gasteiger partial charge < -0.3 is 19.4 Å². The minimum Gasteiger partial charge on any atom is -0.465 e. The van der Waals surface area contributed by atoms with Crippen LogP contribution in [0.2, 0.25) is 0 Å². The Morgan fingerprint density at radius 1 is 1.03 bits per heavy atom. The summed E-state index contributed by atoms with van der Waals surface area (Å²) >= 11 is 3.84. The molecule has 9 nitrogen and oxygen atoms in total. The number of carbonyl (C=O) groups excluding carboxylic acids is 3. The molecule has 0 fully saturated rings. The van der Waals surface area contributed by atoms with E-state index in [4.69, 9.17) is 9.47 Å². The number of nitrogens with one attached hydrogen (secondary N) is 1. The molecule has 4 aromatic rings. The number of hydrogen-bond donors (Lipinski definition) is 1. The largest absolute Gasteiger partial charge is 0.465 e. The molecule has 0 spiro atoms. The Morgan fingerprint density at radius 2 is 1.71 bits per heavy atom. The average molecular weight is 571 g/mol. The van der Waals surface area contributed by atoms with Gasteiger partial charge in [-0.05, 0) is 31.9 Å². The van der Waals surface area contributed by atoms with E-state index < -0.39 is 11.9 Å². The lowest BCUT2D eigenvalue weighted by Gasteiger charge is -2.08. The Hall–Kier alpha value is -3.48. The van der Waals surface area contributed by atoms with Gasteiger partial charge in [0.25, 0.3) is 0 Å². The number of ether oxygens (including phenoxy) is 2. The maximum atomic E-state index is 12.8. The van der Waals surface area contributed by atoms with Crippen LogP contribution in [-0.4, -0.2) is 52.6 Å². The highest BCUT2D eigenvalue weighted by atomic mass is 32.2. The second-order valence-corrected chi connectivity index (χ2v) is 11.4. The average Bonchev–Trinajstić information content (AvgIpc) is 3.56. The van der Waals surface area contributed by atoms with Gasteiger partial charge in [0.05, 0.1) is 25.5 Å². The number of methoxy groups -OCH3 is 2. The van der Waals surface area contributed by atoms with E-state index in [1.54, 1.807) is 18.3 Å². The van der Waals surface area contributed by atoms with Crippen molar-refractivity contribution in [1.82, 2.24) is 14.8 Å². The highest BCUT2D eigenvalue weighted by molar-refractivity contribution is 7.99. The molecule has 3 heterocycles. The smallest absolute Gasteiger partial charge is 0.348 e. The first-order valence-corrected chi connectivity index (χ1v) is 14.1. The van der Waals surface area contributed by atoms with Gasteiger partial charge >= 0.3 is 11.9 Å². The van der Waals surface area contributed by atoms with E-state index in [1.165, 1.54) is 36.4 Å². The van der Waals surface area contributed by atoms with Crippen molar-refractivity contribution in [2.45, 2.75) is 25.9 Å². The molecule has 1 amide bonds. The first-order valence-electron chi connectivity index (χ1n) is 11.4. The van der Waals surface area contributed by atoms with Crippen molar-refractivity contribution in [2.75, 3.05) is 25.3 Å². The van der Waals surface area contributed by atoms with Crippen LogP contribution >= 0.6 is 34.4 Å². The van der Waals surface area contributed by atoms with Crippen LogP contribution in [-0.2, 0) is 21.3 Å². The number of amides is 1. The number of rotatable bonds is 8. The fraction of sp³-hybridized carbons (Fsp3) is 0.269. The molecule has 3 aromatic heterocycles. The number of anilines is 1. The maximum Gasteiger partial charge on any atom is 0.348 e. The van der Waals surface area contributed by atoms with E-state index >= 15 is 0 Å². The molecule has 0 radical (unpaired) electrons. The van der Waals surface area contributed by atoms with Crippen LogP contribution in [0.3, 0.4) is 0 Å². The van der Waals surface area contributed by atoms with Crippen LogP contribution in [0.4, 0.5) is 5.00 Å². The third kappa shape index (κ3) is 5.38. The van der Waals surface area contributed by atoms with Gasteiger partial charge in [0, 0.05) is 28.4 Å². The molecule has 0 unspecified atom stereocenters. The van der Waals surface area contributed by atoms with E-state index in [0.29, 0.717) is 16.5 Å². The van der Waals surface area contributed by atoms with Crippen molar-refractivity contribution in [1.29, 1.82) is 0 Å². The third-order valence-corrected chi connectivity index (χ3v) is 9.00. The lowest BCUT2D eigenvalue weighted by Crippen LogP contribution is -2.16. The number of thioether (sulfide) groups is 1. The second-order valence-electron chi connectivity index (χ2n) is 8.39. The number of aromatic nitrogens is 3. The number of benzene rings is 1. The first-order chi connectivity index (χ1) is 18.2. The van der Waals surface area contributed by atoms with Gasteiger partial charge in [-0.3, -0.25) is 4.79 Å². The number of nitrogens with zero attached hydrogens (tertiary/aromatic N) is 3. The molecular formula is C26H26N4O5S3. The van der Waals surface area contributed by atoms with E-state index in [-0.39, 0.29) is 27.1 Å². The summed E-state index contributed by atoms with van der Waals surface area (Å²) in [6, 6.07) is 8.37. The fourth-order valence-corrected chi connectivity index (χ4v) is 6.61. The summed E-state index contributed by atoms with van der Waals surface area (Å²) in [5, 5.41) is 14.3. The number of carbonyl (C=O) groups is 3. The molecular weight excluding hydrogens is 545 g/mol. The number of aryl methyl sites for hydroxylation is 2. The van der Waals surface area contributed by atoms with Crippen LogP contribution in [0.1, 0.15) is 36.0 Å². The molecule has 0 atom stereocenters. The Bertz CT molecular complexity index is 1520. The maximum absolute atomic E-state index is 12.8. The molecule has 0 bridgehead atoms. The molecule has 4 rings (SSSR count). The summed E-state index contributed by atoms with van der Waals surface area (Å²) in [6.07, 6.45) is 0. The van der Waals surface area contributed by atoms with Crippen molar-refractivity contribution < 1.29 is 23.9 Å². The predicted octanol–water partition coefficient (Wildman–Crippen LogP) is 5.50. The molecule has 0 aliphatic carbocycles. The minimum atomic E-state index is -0.648. The van der Waals surface area contributed by atoms with E-state index in [0.717, 1.165) is 28.0 Å². The van der Waals surface area contributed by atoms with Crippen LogP contribution in [0.15, 0.2) is 34.8 Å². The lowest BCUT2D eigenvalue weighted by molar-refractivity contribution is -0.113. The zero-order chi connectivity index (χ0) is 27.6. The number of hydrogen-bond acceptors (Lipinski definition) is 10. The minimum absolute atomic E-state index is 0.0184. The molecule has 38 heavy (non-hydrogen) atoms. The highest BCUT2D eigenvalue weighted by Gasteiger charge is 2.27. The van der Waals surface area contributed by atoms with Crippen LogP contribution in [0.25, 0.3) is 22.5 Å². The molecule has 1 N–H and O–H groups in total. The Balaban J connectivity index is 1.52. The van der Waals surface area contributed by atoms with Gasteiger partial charge in [0.15, 0.2) is 11.0 Å².